The van der Waals surface area contributed by atoms with Gasteiger partial charge in [0.1, 0.15) is 5.82 Å². The highest BCUT2D eigenvalue weighted by atomic mass is 79.9. The number of halogens is 2. The molecule has 0 heterocycles. The zero-order chi connectivity index (χ0) is 12.0. The molecule has 0 spiro atoms. The first-order chi connectivity index (χ1) is 7.58. The molecule has 1 aromatic rings. The Bertz CT molecular complexity index is 334. The van der Waals surface area contributed by atoms with E-state index in [1.54, 1.807) is 0 Å². The molecule has 0 aliphatic rings. The summed E-state index contributed by atoms with van der Waals surface area (Å²) in [5.41, 5.74) is 1.17. The summed E-state index contributed by atoms with van der Waals surface area (Å²) in [7, 11) is 0. The van der Waals surface area contributed by atoms with Crippen LogP contribution in [-0.4, -0.2) is 12.6 Å². The second kappa shape index (κ2) is 6.81. The van der Waals surface area contributed by atoms with Crippen molar-refractivity contribution in [2.75, 3.05) is 6.54 Å². The van der Waals surface area contributed by atoms with E-state index in [0.717, 1.165) is 23.9 Å². The average molecular weight is 286 g/mol. The van der Waals surface area contributed by atoms with Gasteiger partial charge in [-0.1, -0.05) is 34.6 Å². The van der Waals surface area contributed by atoms with Crippen molar-refractivity contribution in [2.45, 2.75) is 25.8 Å². The van der Waals surface area contributed by atoms with Crippen molar-refractivity contribution >= 4 is 15.9 Å². The van der Waals surface area contributed by atoms with Crippen LogP contribution in [0.2, 0.25) is 0 Å². The molecule has 0 amide bonds. The molecule has 0 radical (unpaired) electrons. The van der Waals surface area contributed by atoms with Gasteiger partial charge in [0.15, 0.2) is 0 Å². The van der Waals surface area contributed by atoms with E-state index in [4.69, 9.17) is 0 Å². The third-order valence-corrected chi connectivity index (χ3v) is 2.70. The highest BCUT2D eigenvalue weighted by molar-refractivity contribution is 9.11. The Kier molecular flexibility index (Phi) is 5.71. The topological polar surface area (TPSA) is 12.0 Å². The van der Waals surface area contributed by atoms with E-state index >= 15 is 0 Å². The lowest BCUT2D eigenvalue weighted by atomic mass is 10.1. The largest absolute Gasteiger partial charge is 0.310 e. The summed E-state index contributed by atoms with van der Waals surface area (Å²) in [4.78, 5) is 0. The van der Waals surface area contributed by atoms with Crippen molar-refractivity contribution in [1.82, 2.24) is 5.32 Å². The van der Waals surface area contributed by atoms with Crippen LogP contribution in [-0.2, 0) is 6.42 Å². The molecular formula is C13H17BrFN. The Labute approximate surface area is 105 Å². The van der Waals surface area contributed by atoms with Crippen molar-refractivity contribution in [3.8, 4) is 0 Å². The van der Waals surface area contributed by atoms with Gasteiger partial charge in [-0.3, -0.25) is 0 Å². The molecule has 1 rings (SSSR count). The quantitative estimate of drug-likeness (QED) is 0.841. The van der Waals surface area contributed by atoms with Crippen LogP contribution in [0.25, 0.3) is 0 Å². The van der Waals surface area contributed by atoms with Gasteiger partial charge in [-0.05, 0) is 37.5 Å². The zero-order valence-corrected chi connectivity index (χ0v) is 11.1. The first kappa shape index (κ1) is 13.4. The maximum atomic E-state index is 12.7. The minimum atomic E-state index is -0.175. The minimum absolute atomic E-state index is 0.175. The molecule has 0 aliphatic heterocycles. The molecule has 1 atom stereocenters. The van der Waals surface area contributed by atoms with Crippen molar-refractivity contribution in [1.29, 1.82) is 0 Å². The van der Waals surface area contributed by atoms with E-state index in [2.05, 4.69) is 34.7 Å². The number of hydrogen-bond donors (Lipinski definition) is 1. The van der Waals surface area contributed by atoms with Crippen LogP contribution < -0.4 is 5.32 Å². The molecule has 0 bridgehead atoms. The number of aryl methyl sites for hydroxylation is 1. The molecule has 1 nitrogen and oxygen atoms in total. The smallest absolute Gasteiger partial charge is 0.123 e. The normalized spacial score (nSPS) is 12.4. The first-order valence-corrected chi connectivity index (χ1v) is 6.18. The lowest BCUT2D eigenvalue weighted by Crippen LogP contribution is -2.27. The van der Waals surface area contributed by atoms with Crippen LogP contribution in [0.5, 0.6) is 0 Å². The Morgan fingerprint density at radius 1 is 1.44 bits per heavy atom. The van der Waals surface area contributed by atoms with Crippen LogP contribution in [0.3, 0.4) is 0 Å². The van der Waals surface area contributed by atoms with Gasteiger partial charge >= 0.3 is 0 Å². The number of rotatable bonds is 6. The summed E-state index contributed by atoms with van der Waals surface area (Å²) in [5.74, 6) is -0.175. The zero-order valence-electron chi connectivity index (χ0n) is 9.47. The van der Waals surface area contributed by atoms with Crippen LogP contribution in [0.1, 0.15) is 18.9 Å². The standard InChI is InChI=1S/C13H17BrFN/c1-10(14)9-16-11(2)3-4-12-5-7-13(15)8-6-12/h5-8,11,16H,1,3-4,9H2,2H3. The van der Waals surface area contributed by atoms with Crippen molar-refractivity contribution in [2.24, 2.45) is 0 Å². The summed E-state index contributed by atoms with van der Waals surface area (Å²) in [6.45, 7) is 6.69. The number of benzene rings is 1. The van der Waals surface area contributed by atoms with E-state index in [0.29, 0.717) is 6.04 Å². The summed E-state index contributed by atoms with van der Waals surface area (Å²) < 4.78 is 13.6. The van der Waals surface area contributed by atoms with Gasteiger partial charge in [0.2, 0.25) is 0 Å². The third kappa shape index (κ3) is 5.42. The molecule has 3 heteroatoms. The SMILES string of the molecule is C=C(Br)CNC(C)CCc1ccc(F)cc1. The van der Waals surface area contributed by atoms with Gasteiger partial charge in [-0.15, -0.1) is 0 Å². The summed E-state index contributed by atoms with van der Waals surface area (Å²) in [6.07, 6.45) is 2.00. The average Bonchev–Trinajstić information content (AvgIpc) is 2.25. The van der Waals surface area contributed by atoms with Gasteiger partial charge in [0.25, 0.3) is 0 Å². The predicted molar refractivity (Wildman–Crippen MR) is 70.3 cm³/mol. The molecule has 0 saturated carbocycles. The maximum absolute atomic E-state index is 12.7. The van der Waals surface area contributed by atoms with E-state index < -0.39 is 0 Å². The maximum Gasteiger partial charge on any atom is 0.123 e. The van der Waals surface area contributed by atoms with Gasteiger partial charge in [-0.2, -0.15) is 0 Å². The van der Waals surface area contributed by atoms with Crippen molar-refractivity contribution < 1.29 is 4.39 Å². The van der Waals surface area contributed by atoms with Crippen LogP contribution >= 0.6 is 15.9 Å². The van der Waals surface area contributed by atoms with E-state index in [1.807, 2.05) is 12.1 Å². The predicted octanol–water partition coefficient (Wildman–Crippen LogP) is 3.65. The highest BCUT2D eigenvalue weighted by Crippen LogP contribution is 2.07. The molecule has 0 fully saturated rings. The lowest BCUT2D eigenvalue weighted by Gasteiger charge is -2.13. The van der Waals surface area contributed by atoms with E-state index in [9.17, 15) is 4.39 Å². The van der Waals surface area contributed by atoms with Gasteiger partial charge in [0.05, 0.1) is 0 Å². The van der Waals surface area contributed by atoms with Gasteiger partial charge < -0.3 is 5.32 Å². The fraction of sp³-hybridized carbons (Fsp3) is 0.385. The van der Waals surface area contributed by atoms with Crippen molar-refractivity contribution in [3.05, 3.63) is 46.7 Å². The molecule has 0 aromatic heterocycles. The van der Waals surface area contributed by atoms with Crippen molar-refractivity contribution in [3.63, 3.8) is 0 Å². The Balaban J connectivity index is 2.28. The first-order valence-electron chi connectivity index (χ1n) is 5.39. The Morgan fingerprint density at radius 3 is 2.62 bits per heavy atom. The minimum Gasteiger partial charge on any atom is -0.310 e. The highest BCUT2D eigenvalue weighted by Gasteiger charge is 2.02. The monoisotopic (exact) mass is 285 g/mol. The van der Waals surface area contributed by atoms with Crippen LogP contribution in [0, 0.1) is 5.82 Å². The van der Waals surface area contributed by atoms with Crippen LogP contribution in [0.4, 0.5) is 4.39 Å². The Morgan fingerprint density at radius 2 is 2.06 bits per heavy atom. The molecular weight excluding hydrogens is 269 g/mol. The van der Waals surface area contributed by atoms with Gasteiger partial charge in [0, 0.05) is 17.1 Å². The summed E-state index contributed by atoms with van der Waals surface area (Å²) in [6, 6.07) is 7.12. The fourth-order valence-corrected chi connectivity index (χ4v) is 1.58. The second-order valence-electron chi connectivity index (χ2n) is 3.96. The second-order valence-corrected chi connectivity index (χ2v) is 5.09. The third-order valence-electron chi connectivity index (χ3n) is 2.42. The summed E-state index contributed by atoms with van der Waals surface area (Å²) in [5, 5.41) is 3.34. The van der Waals surface area contributed by atoms with Crippen LogP contribution in [0.15, 0.2) is 35.3 Å². The van der Waals surface area contributed by atoms with E-state index in [1.165, 1.54) is 17.7 Å². The molecule has 16 heavy (non-hydrogen) atoms. The van der Waals surface area contributed by atoms with Gasteiger partial charge in [-0.25, -0.2) is 4.39 Å². The molecule has 1 N–H and O–H groups in total. The molecule has 0 aliphatic carbocycles. The fourth-order valence-electron chi connectivity index (χ4n) is 1.42. The molecule has 1 unspecified atom stereocenters. The molecule has 88 valence electrons. The Hall–Kier alpha value is -0.670. The molecule has 0 saturated heterocycles. The number of hydrogen-bond acceptors (Lipinski definition) is 1. The summed E-state index contributed by atoms with van der Waals surface area (Å²) >= 11 is 3.31. The van der Waals surface area contributed by atoms with E-state index in [-0.39, 0.29) is 5.82 Å². The lowest BCUT2D eigenvalue weighted by molar-refractivity contribution is 0.541. The molecule has 1 aromatic carbocycles. The number of nitrogens with one attached hydrogen (secondary N) is 1.